The van der Waals surface area contributed by atoms with Gasteiger partial charge in [0.2, 0.25) is 0 Å². The van der Waals surface area contributed by atoms with Crippen LogP contribution in [0.5, 0.6) is 0 Å². The molecule has 1 aromatic rings. The number of aromatic nitrogens is 1. The van der Waals surface area contributed by atoms with Crippen LogP contribution in [0.2, 0.25) is 0 Å². The third-order valence-corrected chi connectivity index (χ3v) is 1.86. The zero-order valence-corrected chi connectivity index (χ0v) is 8.55. The predicted molar refractivity (Wildman–Crippen MR) is 52.4 cm³/mol. The van der Waals surface area contributed by atoms with E-state index in [1.807, 2.05) is 13.0 Å². The van der Waals surface area contributed by atoms with E-state index in [4.69, 9.17) is 5.26 Å². The van der Waals surface area contributed by atoms with Gasteiger partial charge in [-0.05, 0) is 18.6 Å². The lowest BCUT2D eigenvalue weighted by Crippen LogP contribution is -2.15. The predicted octanol–water partition coefficient (Wildman–Crippen LogP) is 2.56. The Morgan fingerprint density at radius 2 is 2.00 bits per heavy atom. The topological polar surface area (TPSA) is 36.7 Å². The number of hydrogen-bond acceptors (Lipinski definition) is 2. The summed E-state index contributed by atoms with van der Waals surface area (Å²) >= 11 is 0. The van der Waals surface area contributed by atoms with Gasteiger partial charge in [0.1, 0.15) is 6.07 Å². The monoisotopic (exact) mass is 174 g/mol. The van der Waals surface area contributed by atoms with Gasteiger partial charge in [-0.2, -0.15) is 5.26 Å². The summed E-state index contributed by atoms with van der Waals surface area (Å²) in [5, 5.41) is 8.92. The summed E-state index contributed by atoms with van der Waals surface area (Å²) < 4.78 is 0. The van der Waals surface area contributed by atoms with Crippen molar-refractivity contribution in [1.29, 1.82) is 5.26 Å². The molecule has 0 N–H and O–H groups in total. The van der Waals surface area contributed by atoms with Crippen molar-refractivity contribution < 1.29 is 0 Å². The number of aryl methyl sites for hydroxylation is 1. The van der Waals surface area contributed by atoms with Crippen molar-refractivity contribution in [3.8, 4) is 6.07 Å². The van der Waals surface area contributed by atoms with Gasteiger partial charge in [-0.15, -0.1) is 0 Å². The summed E-state index contributed by atoms with van der Waals surface area (Å²) in [7, 11) is 0. The Kier molecular flexibility index (Phi) is 2.38. The Labute approximate surface area is 79.2 Å². The fraction of sp³-hybridized carbons (Fsp3) is 0.455. The van der Waals surface area contributed by atoms with Crippen molar-refractivity contribution in [2.45, 2.75) is 33.1 Å². The highest BCUT2D eigenvalue weighted by molar-refractivity contribution is 5.38. The average molecular weight is 174 g/mol. The lowest BCUT2D eigenvalue weighted by Gasteiger charge is -2.18. The molecule has 0 spiro atoms. The minimum absolute atomic E-state index is 0.0568. The van der Waals surface area contributed by atoms with Gasteiger partial charge in [-0.25, -0.2) is 0 Å². The molecule has 0 fully saturated rings. The summed E-state index contributed by atoms with van der Waals surface area (Å²) in [5.74, 6) is 0. The molecule has 0 saturated carbocycles. The van der Waals surface area contributed by atoms with Crippen molar-refractivity contribution in [3.63, 3.8) is 0 Å². The summed E-state index contributed by atoms with van der Waals surface area (Å²) in [4.78, 5) is 4.30. The van der Waals surface area contributed by atoms with E-state index in [1.54, 1.807) is 6.20 Å². The third-order valence-electron chi connectivity index (χ3n) is 1.86. The highest BCUT2D eigenvalue weighted by atomic mass is 14.7. The van der Waals surface area contributed by atoms with Crippen LogP contribution in [-0.2, 0) is 5.41 Å². The maximum absolute atomic E-state index is 8.92. The normalized spacial score (nSPS) is 11.0. The van der Waals surface area contributed by atoms with E-state index < -0.39 is 0 Å². The largest absolute Gasteiger partial charge is 0.259 e. The van der Waals surface area contributed by atoms with Crippen LogP contribution in [0.1, 0.15) is 37.6 Å². The molecule has 1 aromatic heterocycles. The van der Waals surface area contributed by atoms with Gasteiger partial charge in [0.05, 0.1) is 11.3 Å². The first-order valence-corrected chi connectivity index (χ1v) is 4.32. The Hall–Kier alpha value is -1.36. The van der Waals surface area contributed by atoms with Gasteiger partial charge >= 0.3 is 0 Å². The molecule has 0 saturated heterocycles. The molecule has 2 heteroatoms. The van der Waals surface area contributed by atoms with Crippen LogP contribution < -0.4 is 0 Å². The van der Waals surface area contributed by atoms with E-state index in [1.165, 1.54) is 0 Å². The van der Waals surface area contributed by atoms with Crippen molar-refractivity contribution in [1.82, 2.24) is 4.98 Å². The number of rotatable bonds is 0. The molecular formula is C11H14N2. The molecule has 68 valence electrons. The smallest absolute Gasteiger partial charge is 0.101 e. The number of pyridine rings is 1. The Bertz CT molecular complexity index is 353. The van der Waals surface area contributed by atoms with Crippen LogP contribution in [0.15, 0.2) is 12.3 Å². The van der Waals surface area contributed by atoms with E-state index in [2.05, 4.69) is 31.8 Å². The second-order valence-corrected chi connectivity index (χ2v) is 4.27. The van der Waals surface area contributed by atoms with E-state index in [0.29, 0.717) is 5.56 Å². The molecule has 0 radical (unpaired) electrons. The van der Waals surface area contributed by atoms with Gasteiger partial charge in [-0.1, -0.05) is 20.8 Å². The number of hydrogen-bond donors (Lipinski definition) is 0. The molecule has 13 heavy (non-hydrogen) atoms. The first-order valence-electron chi connectivity index (χ1n) is 4.32. The maximum atomic E-state index is 8.92. The molecule has 0 aliphatic heterocycles. The van der Waals surface area contributed by atoms with Gasteiger partial charge in [0.25, 0.3) is 0 Å². The van der Waals surface area contributed by atoms with E-state index >= 15 is 0 Å². The summed E-state index contributed by atoms with van der Waals surface area (Å²) in [6.07, 6.45) is 1.81. The third kappa shape index (κ3) is 2.06. The van der Waals surface area contributed by atoms with Crippen molar-refractivity contribution >= 4 is 0 Å². The quantitative estimate of drug-likeness (QED) is 0.606. The second kappa shape index (κ2) is 3.18. The number of nitrogens with zero attached hydrogens (tertiary/aromatic N) is 2. The van der Waals surface area contributed by atoms with Crippen LogP contribution in [-0.4, -0.2) is 4.98 Å². The van der Waals surface area contributed by atoms with Gasteiger partial charge in [0, 0.05) is 11.6 Å². The van der Waals surface area contributed by atoms with Crippen LogP contribution in [0, 0.1) is 18.3 Å². The highest BCUT2D eigenvalue weighted by Crippen LogP contribution is 2.23. The van der Waals surface area contributed by atoms with Gasteiger partial charge in [0.15, 0.2) is 0 Å². The fourth-order valence-electron chi connectivity index (χ4n) is 1.25. The van der Waals surface area contributed by atoms with Gasteiger partial charge in [-0.3, -0.25) is 4.98 Å². The SMILES string of the molecule is Cc1cnc(C(C)(C)C)c(C#N)c1. The lowest BCUT2D eigenvalue weighted by molar-refractivity contribution is 0.566. The molecule has 0 amide bonds. The van der Waals surface area contributed by atoms with Crippen LogP contribution in [0.4, 0.5) is 0 Å². The first kappa shape index (κ1) is 9.73. The van der Waals surface area contributed by atoms with Crippen LogP contribution >= 0.6 is 0 Å². The molecule has 0 aliphatic carbocycles. The minimum atomic E-state index is -0.0568. The molecule has 0 aliphatic rings. The standard InChI is InChI=1S/C11H14N2/c1-8-5-9(6-12)10(13-7-8)11(2,3)4/h5,7H,1-4H3. The molecule has 1 heterocycles. The van der Waals surface area contributed by atoms with Gasteiger partial charge < -0.3 is 0 Å². The van der Waals surface area contributed by atoms with E-state index in [-0.39, 0.29) is 5.41 Å². The molecular weight excluding hydrogens is 160 g/mol. The molecule has 1 rings (SSSR count). The second-order valence-electron chi connectivity index (χ2n) is 4.27. The van der Waals surface area contributed by atoms with Crippen LogP contribution in [0.3, 0.4) is 0 Å². The highest BCUT2D eigenvalue weighted by Gasteiger charge is 2.19. The van der Waals surface area contributed by atoms with Crippen molar-refractivity contribution in [2.75, 3.05) is 0 Å². The zero-order chi connectivity index (χ0) is 10.1. The zero-order valence-electron chi connectivity index (χ0n) is 8.55. The van der Waals surface area contributed by atoms with E-state index in [0.717, 1.165) is 11.3 Å². The Morgan fingerprint density at radius 3 is 2.46 bits per heavy atom. The minimum Gasteiger partial charge on any atom is -0.259 e. The first-order chi connectivity index (χ1) is 5.95. The fourth-order valence-corrected chi connectivity index (χ4v) is 1.25. The average Bonchev–Trinajstić information content (AvgIpc) is 2.01. The molecule has 0 unspecified atom stereocenters. The van der Waals surface area contributed by atoms with E-state index in [9.17, 15) is 0 Å². The molecule has 0 bridgehead atoms. The molecule has 0 aromatic carbocycles. The summed E-state index contributed by atoms with van der Waals surface area (Å²) in [5.41, 5.74) is 2.54. The van der Waals surface area contributed by atoms with Crippen LogP contribution in [0.25, 0.3) is 0 Å². The lowest BCUT2D eigenvalue weighted by atomic mass is 9.88. The Balaban J connectivity index is 3.32. The molecule has 0 atom stereocenters. The summed E-state index contributed by atoms with van der Waals surface area (Å²) in [6.45, 7) is 8.13. The van der Waals surface area contributed by atoms with Crippen molar-refractivity contribution in [2.24, 2.45) is 0 Å². The Morgan fingerprint density at radius 1 is 1.38 bits per heavy atom. The maximum Gasteiger partial charge on any atom is 0.101 e. The molecule has 2 nitrogen and oxygen atoms in total. The summed E-state index contributed by atoms with van der Waals surface area (Å²) in [6, 6.07) is 4.06. The van der Waals surface area contributed by atoms with Crippen molar-refractivity contribution in [3.05, 3.63) is 29.1 Å². The number of nitriles is 1.